The summed E-state index contributed by atoms with van der Waals surface area (Å²) in [7, 11) is -3.43. The van der Waals surface area contributed by atoms with Crippen LogP contribution in [0.5, 0.6) is 0 Å². The fourth-order valence-electron chi connectivity index (χ4n) is 2.33. The van der Waals surface area contributed by atoms with Gasteiger partial charge in [-0.3, -0.25) is 0 Å². The first-order chi connectivity index (χ1) is 7.99. The third kappa shape index (κ3) is 2.87. The predicted octanol–water partition coefficient (Wildman–Crippen LogP) is 1.51. The number of aromatic nitrogens is 2. The number of hydrogen-bond donors (Lipinski definition) is 2. The van der Waals surface area contributed by atoms with Crippen molar-refractivity contribution in [3.05, 3.63) is 12.5 Å². The monoisotopic (exact) mass is 257 g/mol. The second-order valence-corrected chi connectivity index (χ2v) is 6.68. The van der Waals surface area contributed by atoms with Crippen molar-refractivity contribution in [1.29, 1.82) is 0 Å². The van der Waals surface area contributed by atoms with E-state index >= 15 is 0 Å². The van der Waals surface area contributed by atoms with Crippen molar-refractivity contribution in [3.63, 3.8) is 0 Å². The minimum atomic E-state index is -3.43. The number of nitrogens with one attached hydrogen (secondary N) is 2. The summed E-state index contributed by atoms with van der Waals surface area (Å²) in [6.07, 6.45) is 5.61. The van der Waals surface area contributed by atoms with E-state index < -0.39 is 10.0 Å². The normalized spacial score (nSPS) is 30.4. The first-order valence-corrected chi connectivity index (χ1v) is 7.48. The molecule has 0 aliphatic heterocycles. The summed E-state index contributed by atoms with van der Waals surface area (Å²) >= 11 is 0. The van der Waals surface area contributed by atoms with Crippen LogP contribution in [-0.4, -0.2) is 24.4 Å². The van der Waals surface area contributed by atoms with E-state index in [2.05, 4.69) is 28.5 Å². The smallest absolute Gasteiger partial charge is 0.257 e. The van der Waals surface area contributed by atoms with Crippen LogP contribution in [0.3, 0.4) is 0 Å². The zero-order chi connectivity index (χ0) is 12.5. The zero-order valence-electron chi connectivity index (χ0n) is 10.2. The van der Waals surface area contributed by atoms with Crippen LogP contribution in [-0.2, 0) is 10.0 Å². The highest BCUT2D eigenvalue weighted by molar-refractivity contribution is 7.89. The summed E-state index contributed by atoms with van der Waals surface area (Å²) in [6.45, 7) is 4.41. The lowest BCUT2D eigenvalue weighted by Gasteiger charge is -2.32. The first-order valence-electron chi connectivity index (χ1n) is 6.00. The van der Waals surface area contributed by atoms with Gasteiger partial charge < -0.3 is 4.98 Å². The summed E-state index contributed by atoms with van der Waals surface area (Å²) in [5.41, 5.74) is 0. The van der Waals surface area contributed by atoms with Crippen molar-refractivity contribution in [2.75, 3.05) is 0 Å². The Balaban J connectivity index is 2.02. The maximum atomic E-state index is 12.0. The van der Waals surface area contributed by atoms with Crippen molar-refractivity contribution >= 4 is 10.0 Å². The Morgan fingerprint density at radius 3 is 2.71 bits per heavy atom. The lowest BCUT2D eigenvalue weighted by atomic mass is 9.79. The molecule has 3 atom stereocenters. The van der Waals surface area contributed by atoms with Crippen LogP contribution in [0.1, 0.15) is 33.1 Å². The number of imidazole rings is 1. The Labute approximate surface area is 102 Å². The number of hydrogen-bond acceptors (Lipinski definition) is 3. The molecule has 0 radical (unpaired) electrons. The number of sulfonamides is 1. The standard InChI is InChI=1S/C11H19N3O2S/c1-8-3-4-10(5-9(8)2)14-17(15,16)11-6-12-7-13-11/h6-10,14H,3-5H2,1-2H3,(H,12,13). The summed E-state index contributed by atoms with van der Waals surface area (Å²) in [5.74, 6) is 1.25. The van der Waals surface area contributed by atoms with Crippen LogP contribution < -0.4 is 4.72 Å². The molecular formula is C11H19N3O2S. The molecule has 1 aliphatic rings. The number of nitrogens with zero attached hydrogens (tertiary/aromatic N) is 1. The van der Waals surface area contributed by atoms with Crippen LogP contribution >= 0.6 is 0 Å². The van der Waals surface area contributed by atoms with Crippen molar-refractivity contribution in [2.45, 2.75) is 44.2 Å². The summed E-state index contributed by atoms with van der Waals surface area (Å²) in [5, 5.41) is 0.142. The number of H-pyrrole nitrogens is 1. The Kier molecular flexibility index (Phi) is 3.53. The number of aromatic amines is 1. The van der Waals surface area contributed by atoms with Crippen molar-refractivity contribution in [1.82, 2.24) is 14.7 Å². The molecule has 0 amide bonds. The van der Waals surface area contributed by atoms with E-state index in [1.165, 1.54) is 12.5 Å². The molecule has 6 heteroatoms. The third-order valence-corrected chi connectivity index (χ3v) is 5.13. The van der Waals surface area contributed by atoms with Gasteiger partial charge in [0.15, 0.2) is 5.03 Å². The first kappa shape index (κ1) is 12.6. The van der Waals surface area contributed by atoms with Gasteiger partial charge in [0.1, 0.15) is 0 Å². The molecule has 1 fully saturated rings. The summed E-state index contributed by atoms with van der Waals surface area (Å²) in [4.78, 5) is 6.36. The van der Waals surface area contributed by atoms with Gasteiger partial charge in [-0.1, -0.05) is 13.8 Å². The molecule has 96 valence electrons. The van der Waals surface area contributed by atoms with Gasteiger partial charge in [0.25, 0.3) is 10.0 Å². The molecule has 1 aromatic heterocycles. The Bertz CT molecular complexity index is 455. The Morgan fingerprint density at radius 1 is 1.35 bits per heavy atom. The fraction of sp³-hybridized carbons (Fsp3) is 0.727. The molecule has 0 spiro atoms. The zero-order valence-corrected chi connectivity index (χ0v) is 11.0. The topological polar surface area (TPSA) is 74.8 Å². The van der Waals surface area contributed by atoms with Crippen LogP contribution in [0.4, 0.5) is 0 Å². The van der Waals surface area contributed by atoms with Gasteiger partial charge >= 0.3 is 0 Å². The second-order valence-electron chi connectivity index (χ2n) is 5.00. The summed E-state index contributed by atoms with van der Waals surface area (Å²) in [6, 6.07) is 0.0505. The molecule has 1 aliphatic carbocycles. The molecule has 1 aromatic rings. The molecule has 17 heavy (non-hydrogen) atoms. The van der Waals surface area contributed by atoms with Crippen LogP contribution in [0.15, 0.2) is 17.6 Å². The lowest BCUT2D eigenvalue weighted by molar-refractivity contribution is 0.242. The van der Waals surface area contributed by atoms with E-state index in [0.717, 1.165) is 19.3 Å². The maximum Gasteiger partial charge on any atom is 0.257 e. The van der Waals surface area contributed by atoms with Crippen molar-refractivity contribution in [2.24, 2.45) is 11.8 Å². The van der Waals surface area contributed by atoms with E-state index in [-0.39, 0.29) is 11.1 Å². The molecular weight excluding hydrogens is 238 g/mol. The molecule has 3 unspecified atom stereocenters. The summed E-state index contributed by atoms with van der Waals surface area (Å²) < 4.78 is 26.7. The molecule has 0 aromatic carbocycles. The molecule has 1 saturated carbocycles. The van der Waals surface area contributed by atoms with Gasteiger partial charge in [-0.2, -0.15) is 0 Å². The largest absolute Gasteiger partial charge is 0.335 e. The SMILES string of the molecule is CC1CCC(NS(=O)(=O)c2cnc[nH]2)CC1C. The Hall–Kier alpha value is -0.880. The third-order valence-electron chi connectivity index (χ3n) is 3.68. The molecule has 2 N–H and O–H groups in total. The quantitative estimate of drug-likeness (QED) is 0.862. The fourth-order valence-corrected chi connectivity index (χ4v) is 3.51. The molecule has 1 heterocycles. The Morgan fingerprint density at radius 2 is 2.12 bits per heavy atom. The maximum absolute atomic E-state index is 12.0. The van der Waals surface area contributed by atoms with Crippen LogP contribution in [0.25, 0.3) is 0 Å². The molecule has 5 nitrogen and oxygen atoms in total. The van der Waals surface area contributed by atoms with Gasteiger partial charge in [0, 0.05) is 6.04 Å². The van der Waals surface area contributed by atoms with Gasteiger partial charge in [0.05, 0.1) is 12.5 Å². The van der Waals surface area contributed by atoms with E-state index in [9.17, 15) is 8.42 Å². The highest BCUT2D eigenvalue weighted by Crippen LogP contribution is 2.29. The molecule has 0 bridgehead atoms. The van der Waals surface area contributed by atoms with E-state index in [0.29, 0.717) is 11.8 Å². The van der Waals surface area contributed by atoms with Crippen LogP contribution in [0.2, 0.25) is 0 Å². The molecule has 2 rings (SSSR count). The van der Waals surface area contributed by atoms with Gasteiger partial charge in [-0.15, -0.1) is 0 Å². The lowest BCUT2D eigenvalue weighted by Crippen LogP contribution is -2.39. The van der Waals surface area contributed by atoms with Gasteiger partial charge in [0.2, 0.25) is 0 Å². The number of rotatable bonds is 3. The minimum Gasteiger partial charge on any atom is -0.335 e. The second kappa shape index (κ2) is 4.78. The van der Waals surface area contributed by atoms with Gasteiger partial charge in [-0.05, 0) is 31.1 Å². The predicted molar refractivity (Wildman–Crippen MR) is 64.9 cm³/mol. The van der Waals surface area contributed by atoms with Gasteiger partial charge in [-0.25, -0.2) is 18.1 Å². The van der Waals surface area contributed by atoms with Crippen molar-refractivity contribution < 1.29 is 8.42 Å². The average Bonchev–Trinajstić information content (AvgIpc) is 2.77. The van der Waals surface area contributed by atoms with E-state index in [1.54, 1.807) is 0 Å². The van der Waals surface area contributed by atoms with E-state index in [1.807, 2.05) is 0 Å². The highest BCUT2D eigenvalue weighted by atomic mass is 32.2. The highest BCUT2D eigenvalue weighted by Gasteiger charge is 2.28. The minimum absolute atomic E-state index is 0.0505. The van der Waals surface area contributed by atoms with Crippen molar-refractivity contribution in [3.8, 4) is 0 Å². The molecule has 0 saturated heterocycles. The van der Waals surface area contributed by atoms with E-state index in [4.69, 9.17) is 0 Å². The van der Waals surface area contributed by atoms with Crippen LogP contribution in [0, 0.1) is 11.8 Å². The average molecular weight is 257 g/mol.